The van der Waals surface area contributed by atoms with E-state index in [2.05, 4.69) is 11.4 Å². The molecule has 1 saturated heterocycles. The van der Waals surface area contributed by atoms with Crippen LogP contribution < -0.4 is 14.8 Å². The summed E-state index contributed by atoms with van der Waals surface area (Å²) in [5, 5.41) is 3.40. The van der Waals surface area contributed by atoms with Crippen molar-refractivity contribution < 1.29 is 14.2 Å². The Morgan fingerprint density at radius 1 is 1.18 bits per heavy atom. The molecule has 0 radical (unpaired) electrons. The summed E-state index contributed by atoms with van der Waals surface area (Å²) >= 11 is 0. The zero-order chi connectivity index (χ0) is 11.8. The Morgan fingerprint density at radius 3 is 2.71 bits per heavy atom. The van der Waals surface area contributed by atoms with Gasteiger partial charge in [-0.2, -0.15) is 0 Å². The van der Waals surface area contributed by atoms with E-state index in [0.717, 1.165) is 31.0 Å². The maximum atomic E-state index is 5.96. The van der Waals surface area contributed by atoms with Crippen molar-refractivity contribution in [1.82, 2.24) is 5.32 Å². The Morgan fingerprint density at radius 2 is 1.94 bits per heavy atom. The van der Waals surface area contributed by atoms with Gasteiger partial charge in [0.25, 0.3) is 0 Å². The number of morpholine rings is 1. The van der Waals surface area contributed by atoms with Gasteiger partial charge in [-0.1, -0.05) is 0 Å². The van der Waals surface area contributed by atoms with Crippen LogP contribution in [0, 0.1) is 0 Å². The van der Waals surface area contributed by atoms with Crippen LogP contribution >= 0.6 is 0 Å². The van der Waals surface area contributed by atoms with Crippen LogP contribution in [0.25, 0.3) is 0 Å². The summed E-state index contributed by atoms with van der Waals surface area (Å²) in [6, 6.07) is 4.13. The van der Waals surface area contributed by atoms with Gasteiger partial charge in [0, 0.05) is 19.5 Å². The van der Waals surface area contributed by atoms with Gasteiger partial charge in [-0.25, -0.2) is 0 Å². The highest BCUT2D eigenvalue weighted by molar-refractivity contribution is 5.49. The summed E-state index contributed by atoms with van der Waals surface area (Å²) in [6.45, 7) is 1.81. The highest BCUT2D eigenvalue weighted by atomic mass is 16.5. The molecule has 4 heteroatoms. The van der Waals surface area contributed by atoms with Gasteiger partial charge in [0.05, 0.1) is 26.4 Å². The third kappa shape index (κ3) is 1.77. The molecule has 0 aliphatic carbocycles. The molecule has 0 aromatic heterocycles. The van der Waals surface area contributed by atoms with Crippen LogP contribution in [-0.4, -0.2) is 33.4 Å². The molecule has 2 aliphatic heterocycles. The lowest BCUT2D eigenvalue weighted by atomic mass is 9.91. The molecule has 1 aromatic carbocycles. The average molecular weight is 235 g/mol. The Balaban J connectivity index is 2.06. The predicted molar refractivity (Wildman–Crippen MR) is 63.7 cm³/mol. The van der Waals surface area contributed by atoms with Crippen molar-refractivity contribution in [2.75, 3.05) is 27.3 Å². The van der Waals surface area contributed by atoms with Crippen LogP contribution in [0.15, 0.2) is 12.1 Å². The Labute approximate surface area is 101 Å². The summed E-state index contributed by atoms with van der Waals surface area (Å²) in [5.74, 6) is 1.58. The molecule has 2 aliphatic rings. The minimum absolute atomic E-state index is 0.150. The molecule has 0 amide bonds. The number of nitrogens with one attached hydrogen (secondary N) is 1. The van der Waals surface area contributed by atoms with E-state index in [4.69, 9.17) is 14.2 Å². The van der Waals surface area contributed by atoms with Crippen LogP contribution in [0.5, 0.6) is 11.5 Å². The van der Waals surface area contributed by atoms with E-state index in [-0.39, 0.29) is 6.10 Å². The largest absolute Gasteiger partial charge is 0.493 e. The maximum absolute atomic E-state index is 5.96. The number of hydrogen-bond donors (Lipinski definition) is 1. The fraction of sp³-hybridized carbons (Fsp3) is 0.538. The Bertz CT molecular complexity index is 433. The van der Waals surface area contributed by atoms with Crippen molar-refractivity contribution in [3.63, 3.8) is 0 Å². The number of rotatable bonds is 2. The van der Waals surface area contributed by atoms with E-state index in [1.165, 1.54) is 11.1 Å². The highest BCUT2D eigenvalue weighted by Crippen LogP contribution is 2.39. The molecular formula is C13H17NO3. The van der Waals surface area contributed by atoms with Gasteiger partial charge in [-0.15, -0.1) is 0 Å². The SMILES string of the molecule is COc1cc2c(cc1OC)[C@@H]1CNC[C@H](C2)O1. The lowest BCUT2D eigenvalue weighted by Gasteiger charge is -2.37. The molecule has 4 nitrogen and oxygen atoms in total. The molecule has 3 rings (SSSR count). The van der Waals surface area contributed by atoms with Gasteiger partial charge >= 0.3 is 0 Å². The first-order valence-corrected chi connectivity index (χ1v) is 5.92. The van der Waals surface area contributed by atoms with Gasteiger partial charge in [0.1, 0.15) is 0 Å². The van der Waals surface area contributed by atoms with Crippen LogP contribution in [0.2, 0.25) is 0 Å². The van der Waals surface area contributed by atoms with Crippen LogP contribution in [0.4, 0.5) is 0 Å². The predicted octanol–water partition coefficient (Wildman–Crippen LogP) is 1.29. The van der Waals surface area contributed by atoms with E-state index >= 15 is 0 Å². The van der Waals surface area contributed by atoms with Crippen LogP contribution in [-0.2, 0) is 11.2 Å². The first-order chi connectivity index (χ1) is 8.31. The van der Waals surface area contributed by atoms with E-state index in [9.17, 15) is 0 Å². The first kappa shape index (κ1) is 10.9. The van der Waals surface area contributed by atoms with Gasteiger partial charge in [-0.05, 0) is 23.3 Å². The molecular weight excluding hydrogens is 218 g/mol. The third-order valence-electron chi connectivity index (χ3n) is 3.50. The number of methoxy groups -OCH3 is 2. The Kier molecular flexibility index (Phi) is 2.68. The van der Waals surface area contributed by atoms with Gasteiger partial charge in [-0.3, -0.25) is 0 Å². The number of fused-ring (bicyclic) bond motifs is 4. The smallest absolute Gasteiger partial charge is 0.161 e. The van der Waals surface area contributed by atoms with E-state index in [1.54, 1.807) is 14.2 Å². The number of benzene rings is 1. The van der Waals surface area contributed by atoms with Crippen LogP contribution in [0.3, 0.4) is 0 Å². The minimum atomic E-state index is 0.150. The quantitative estimate of drug-likeness (QED) is 0.838. The topological polar surface area (TPSA) is 39.7 Å². The molecule has 92 valence electrons. The second-order valence-electron chi connectivity index (χ2n) is 4.52. The maximum Gasteiger partial charge on any atom is 0.161 e. The normalized spacial score (nSPS) is 26.2. The van der Waals surface area contributed by atoms with Gasteiger partial charge in [0.2, 0.25) is 0 Å². The molecule has 2 heterocycles. The van der Waals surface area contributed by atoms with Crippen molar-refractivity contribution in [3.8, 4) is 11.5 Å². The summed E-state index contributed by atoms with van der Waals surface area (Å²) in [7, 11) is 3.34. The zero-order valence-corrected chi connectivity index (χ0v) is 10.2. The third-order valence-corrected chi connectivity index (χ3v) is 3.50. The fourth-order valence-electron chi connectivity index (χ4n) is 2.67. The van der Waals surface area contributed by atoms with Crippen molar-refractivity contribution in [1.29, 1.82) is 0 Å². The molecule has 0 saturated carbocycles. The lowest BCUT2D eigenvalue weighted by molar-refractivity contribution is -0.0495. The molecule has 0 unspecified atom stereocenters. The average Bonchev–Trinajstić information content (AvgIpc) is 2.37. The second kappa shape index (κ2) is 4.20. The monoisotopic (exact) mass is 235 g/mol. The fourth-order valence-corrected chi connectivity index (χ4v) is 2.67. The summed E-state index contributed by atoms with van der Waals surface area (Å²) in [4.78, 5) is 0. The summed E-state index contributed by atoms with van der Waals surface area (Å²) < 4.78 is 16.6. The van der Waals surface area contributed by atoms with E-state index in [0.29, 0.717) is 6.10 Å². The first-order valence-electron chi connectivity index (χ1n) is 5.92. The summed E-state index contributed by atoms with van der Waals surface area (Å²) in [6.07, 6.45) is 1.38. The van der Waals surface area contributed by atoms with Crippen molar-refractivity contribution in [3.05, 3.63) is 23.3 Å². The van der Waals surface area contributed by atoms with Crippen molar-refractivity contribution >= 4 is 0 Å². The second-order valence-corrected chi connectivity index (χ2v) is 4.52. The van der Waals surface area contributed by atoms with Crippen LogP contribution in [0.1, 0.15) is 17.2 Å². The van der Waals surface area contributed by atoms with Gasteiger partial charge in [0.15, 0.2) is 11.5 Å². The molecule has 1 fully saturated rings. The van der Waals surface area contributed by atoms with E-state index in [1.807, 2.05) is 6.07 Å². The number of ether oxygens (including phenoxy) is 3. The zero-order valence-electron chi connectivity index (χ0n) is 10.2. The van der Waals surface area contributed by atoms with Crippen molar-refractivity contribution in [2.24, 2.45) is 0 Å². The molecule has 17 heavy (non-hydrogen) atoms. The number of hydrogen-bond acceptors (Lipinski definition) is 4. The van der Waals surface area contributed by atoms with Crippen molar-refractivity contribution in [2.45, 2.75) is 18.6 Å². The minimum Gasteiger partial charge on any atom is -0.493 e. The van der Waals surface area contributed by atoms with E-state index < -0.39 is 0 Å². The molecule has 1 N–H and O–H groups in total. The Hall–Kier alpha value is -1.26. The lowest BCUT2D eigenvalue weighted by Crippen LogP contribution is -2.44. The molecule has 2 atom stereocenters. The van der Waals surface area contributed by atoms with Gasteiger partial charge < -0.3 is 19.5 Å². The standard InChI is InChI=1S/C13H17NO3/c1-15-11-4-8-3-9-6-14-7-13(17-9)10(8)5-12(11)16-2/h4-5,9,13-14H,3,6-7H2,1-2H3/t9-,13-/m0/s1. The summed E-state index contributed by atoms with van der Waals surface area (Å²) in [5.41, 5.74) is 2.55. The molecule has 1 aromatic rings. The molecule has 2 bridgehead atoms. The highest BCUT2D eigenvalue weighted by Gasteiger charge is 2.32. The molecule has 0 spiro atoms.